The minimum atomic E-state index is 0. The van der Waals surface area contributed by atoms with Gasteiger partial charge in [-0.2, -0.15) is 0 Å². The third-order valence-electron chi connectivity index (χ3n) is 3.30. The van der Waals surface area contributed by atoms with E-state index >= 15 is 0 Å². The fourth-order valence-corrected chi connectivity index (χ4v) is 2.39. The second kappa shape index (κ2) is 10.8. The smallest absolute Gasteiger partial charge is 0.191 e. The van der Waals surface area contributed by atoms with E-state index in [2.05, 4.69) is 41.3 Å². The van der Waals surface area contributed by atoms with Crippen LogP contribution < -0.4 is 10.6 Å². The summed E-state index contributed by atoms with van der Waals surface area (Å²) in [6, 6.07) is 0.640. The van der Waals surface area contributed by atoms with Crippen LogP contribution in [-0.4, -0.2) is 49.6 Å². The molecule has 0 aromatic rings. The SMILES string of the molecule is CCNC(=NCC1CCCCN1CC)NCC.I. The van der Waals surface area contributed by atoms with Gasteiger partial charge in [0.2, 0.25) is 0 Å². The normalized spacial score (nSPS) is 19.8. The Hall–Kier alpha value is -0.0400. The molecule has 0 aliphatic carbocycles. The summed E-state index contributed by atoms with van der Waals surface area (Å²) in [4.78, 5) is 7.24. The van der Waals surface area contributed by atoms with Gasteiger partial charge in [0.25, 0.3) is 0 Å². The Morgan fingerprint density at radius 2 is 1.83 bits per heavy atom. The third-order valence-corrected chi connectivity index (χ3v) is 3.30. The molecule has 1 aliphatic heterocycles. The fraction of sp³-hybridized carbons (Fsp3) is 0.923. The molecule has 0 saturated carbocycles. The zero-order chi connectivity index (χ0) is 12.5. The highest BCUT2D eigenvalue weighted by Gasteiger charge is 2.20. The number of rotatable bonds is 5. The van der Waals surface area contributed by atoms with Crippen LogP contribution in [0.1, 0.15) is 40.0 Å². The molecule has 1 aliphatic rings. The Balaban J connectivity index is 0.00000289. The van der Waals surface area contributed by atoms with Gasteiger partial charge in [0.1, 0.15) is 0 Å². The van der Waals surface area contributed by atoms with Crippen molar-refractivity contribution in [2.45, 2.75) is 46.1 Å². The van der Waals surface area contributed by atoms with E-state index in [0.29, 0.717) is 6.04 Å². The minimum Gasteiger partial charge on any atom is -0.357 e. The van der Waals surface area contributed by atoms with E-state index in [4.69, 9.17) is 0 Å². The topological polar surface area (TPSA) is 39.7 Å². The summed E-state index contributed by atoms with van der Waals surface area (Å²) in [5.74, 6) is 0.955. The predicted molar refractivity (Wildman–Crippen MR) is 90.0 cm³/mol. The van der Waals surface area contributed by atoms with Crippen LogP contribution in [0.25, 0.3) is 0 Å². The van der Waals surface area contributed by atoms with Gasteiger partial charge < -0.3 is 10.6 Å². The Morgan fingerprint density at radius 3 is 2.39 bits per heavy atom. The quantitative estimate of drug-likeness (QED) is 0.443. The van der Waals surface area contributed by atoms with Crippen LogP contribution in [-0.2, 0) is 0 Å². The predicted octanol–water partition coefficient (Wildman–Crippen LogP) is 2.05. The van der Waals surface area contributed by atoms with E-state index in [9.17, 15) is 0 Å². The Kier molecular flexibility index (Phi) is 10.8. The highest BCUT2D eigenvalue weighted by Crippen LogP contribution is 2.16. The summed E-state index contributed by atoms with van der Waals surface area (Å²) < 4.78 is 0. The van der Waals surface area contributed by atoms with E-state index in [1.54, 1.807) is 0 Å². The first-order valence-corrected chi connectivity index (χ1v) is 7.08. The monoisotopic (exact) mass is 368 g/mol. The second-order valence-corrected chi connectivity index (χ2v) is 4.53. The van der Waals surface area contributed by atoms with Crippen molar-refractivity contribution in [3.63, 3.8) is 0 Å². The maximum absolute atomic E-state index is 4.68. The molecule has 0 aromatic carbocycles. The number of hydrogen-bond acceptors (Lipinski definition) is 2. The number of halogens is 1. The molecule has 1 atom stereocenters. The van der Waals surface area contributed by atoms with Crippen LogP contribution >= 0.6 is 24.0 Å². The standard InChI is InChI=1S/C13H28N4.HI/c1-4-14-13(15-5-2)16-11-12-9-7-8-10-17(12)6-3;/h12H,4-11H2,1-3H3,(H2,14,15,16);1H. The van der Waals surface area contributed by atoms with Gasteiger partial charge in [-0.1, -0.05) is 13.3 Å². The molecule has 4 nitrogen and oxygen atoms in total. The van der Waals surface area contributed by atoms with E-state index < -0.39 is 0 Å². The Morgan fingerprint density at radius 1 is 1.17 bits per heavy atom. The van der Waals surface area contributed by atoms with Crippen LogP contribution in [0.15, 0.2) is 4.99 Å². The highest BCUT2D eigenvalue weighted by molar-refractivity contribution is 14.0. The molecular weight excluding hydrogens is 339 g/mol. The van der Waals surface area contributed by atoms with Crippen molar-refractivity contribution in [3.8, 4) is 0 Å². The minimum absolute atomic E-state index is 0. The molecule has 108 valence electrons. The first-order valence-electron chi connectivity index (χ1n) is 7.08. The number of guanidine groups is 1. The average Bonchev–Trinajstić information content (AvgIpc) is 2.37. The summed E-state index contributed by atoms with van der Waals surface area (Å²) >= 11 is 0. The summed E-state index contributed by atoms with van der Waals surface area (Å²) in [7, 11) is 0. The van der Waals surface area contributed by atoms with Gasteiger partial charge in [0, 0.05) is 19.1 Å². The molecule has 0 aromatic heterocycles. The molecule has 1 unspecified atom stereocenters. The van der Waals surface area contributed by atoms with Crippen molar-refractivity contribution in [2.75, 3.05) is 32.7 Å². The van der Waals surface area contributed by atoms with Gasteiger partial charge >= 0.3 is 0 Å². The van der Waals surface area contributed by atoms with Crippen LogP contribution in [0.4, 0.5) is 0 Å². The first-order chi connectivity index (χ1) is 8.31. The summed E-state index contributed by atoms with van der Waals surface area (Å²) in [5, 5.41) is 6.55. The van der Waals surface area contributed by atoms with Gasteiger partial charge in [0.15, 0.2) is 5.96 Å². The molecule has 5 heteroatoms. The number of likely N-dealkylation sites (N-methyl/N-ethyl adjacent to an activating group) is 1. The zero-order valence-electron chi connectivity index (χ0n) is 12.0. The maximum atomic E-state index is 4.68. The molecule has 0 radical (unpaired) electrons. The molecule has 0 bridgehead atoms. The number of nitrogens with one attached hydrogen (secondary N) is 2. The van der Waals surface area contributed by atoms with Crippen molar-refractivity contribution in [3.05, 3.63) is 0 Å². The number of hydrogen-bond donors (Lipinski definition) is 2. The molecule has 1 heterocycles. The van der Waals surface area contributed by atoms with Crippen molar-refractivity contribution in [2.24, 2.45) is 4.99 Å². The van der Waals surface area contributed by atoms with E-state index in [1.165, 1.54) is 25.8 Å². The number of aliphatic imine (C=N–C) groups is 1. The zero-order valence-corrected chi connectivity index (χ0v) is 14.4. The van der Waals surface area contributed by atoms with Crippen molar-refractivity contribution >= 4 is 29.9 Å². The van der Waals surface area contributed by atoms with Gasteiger partial charge in [0.05, 0.1) is 6.54 Å². The van der Waals surface area contributed by atoms with Gasteiger partial charge in [-0.05, 0) is 39.8 Å². The molecule has 1 saturated heterocycles. The largest absolute Gasteiger partial charge is 0.357 e. The van der Waals surface area contributed by atoms with E-state index in [1.807, 2.05) is 0 Å². The summed E-state index contributed by atoms with van der Waals surface area (Å²) in [6.07, 6.45) is 4.00. The molecule has 0 amide bonds. The average molecular weight is 368 g/mol. The number of piperidine rings is 1. The van der Waals surface area contributed by atoms with Crippen LogP contribution in [0.3, 0.4) is 0 Å². The summed E-state index contributed by atoms with van der Waals surface area (Å²) in [6.45, 7) is 11.6. The third kappa shape index (κ3) is 6.22. The Labute approximate surface area is 129 Å². The lowest BCUT2D eigenvalue weighted by Crippen LogP contribution is -2.43. The number of likely N-dealkylation sites (tertiary alicyclic amines) is 1. The van der Waals surface area contributed by atoms with E-state index in [0.717, 1.165) is 32.1 Å². The molecule has 1 rings (SSSR count). The molecule has 0 spiro atoms. The van der Waals surface area contributed by atoms with Crippen molar-refractivity contribution in [1.29, 1.82) is 0 Å². The van der Waals surface area contributed by atoms with E-state index in [-0.39, 0.29) is 24.0 Å². The Bertz CT molecular complexity index is 225. The number of nitrogens with zero attached hydrogens (tertiary/aromatic N) is 2. The van der Waals surface area contributed by atoms with Crippen molar-refractivity contribution in [1.82, 2.24) is 15.5 Å². The van der Waals surface area contributed by atoms with Crippen molar-refractivity contribution < 1.29 is 0 Å². The molecule has 2 N–H and O–H groups in total. The maximum Gasteiger partial charge on any atom is 0.191 e. The lowest BCUT2D eigenvalue weighted by Gasteiger charge is -2.33. The van der Waals surface area contributed by atoms with Gasteiger partial charge in [-0.3, -0.25) is 9.89 Å². The van der Waals surface area contributed by atoms with Crippen LogP contribution in [0.2, 0.25) is 0 Å². The molecule has 1 fully saturated rings. The van der Waals surface area contributed by atoms with Gasteiger partial charge in [-0.25, -0.2) is 0 Å². The lowest BCUT2D eigenvalue weighted by atomic mass is 10.0. The van der Waals surface area contributed by atoms with Crippen LogP contribution in [0.5, 0.6) is 0 Å². The van der Waals surface area contributed by atoms with Crippen LogP contribution in [0, 0.1) is 0 Å². The van der Waals surface area contributed by atoms with Gasteiger partial charge in [-0.15, -0.1) is 24.0 Å². The fourth-order valence-electron chi connectivity index (χ4n) is 2.39. The summed E-state index contributed by atoms with van der Waals surface area (Å²) in [5.41, 5.74) is 0. The lowest BCUT2D eigenvalue weighted by molar-refractivity contribution is 0.161. The highest BCUT2D eigenvalue weighted by atomic mass is 127. The molecular formula is C13H29IN4. The first kappa shape index (κ1) is 18.0. The molecule has 18 heavy (non-hydrogen) atoms. The second-order valence-electron chi connectivity index (χ2n) is 4.53.